The first kappa shape index (κ1) is 11.1. The second kappa shape index (κ2) is 4.35. The van der Waals surface area contributed by atoms with Crippen LogP contribution in [0, 0.1) is 6.92 Å². The first-order valence-corrected chi connectivity index (χ1v) is 5.97. The van der Waals surface area contributed by atoms with E-state index in [0.717, 1.165) is 22.5 Å². The zero-order chi connectivity index (χ0) is 12.5. The second-order valence-corrected chi connectivity index (χ2v) is 4.44. The SMILES string of the molecule is Cc1cccc(-c2cc(Cl)c3cccnc3n2)n1. The standard InChI is InChI=1S/C14H10ClN3/c1-9-4-2-6-12(17-9)13-8-11(15)10-5-3-7-16-14(10)18-13/h2-8H,1H3. The van der Waals surface area contributed by atoms with Gasteiger partial charge in [0.05, 0.1) is 16.4 Å². The molecule has 0 bridgehead atoms. The van der Waals surface area contributed by atoms with Crippen molar-refractivity contribution in [3.8, 4) is 11.4 Å². The third kappa shape index (κ3) is 1.93. The van der Waals surface area contributed by atoms with Crippen LogP contribution in [-0.2, 0) is 0 Å². The average Bonchev–Trinajstić information content (AvgIpc) is 2.39. The van der Waals surface area contributed by atoms with Crippen LogP contribution in [0.1, 0.15) is 5.69 Å². The molecule has 0 fully saturated rings. The van der Waals surface area contributed by atoms with Crippen LogP contribution in [0.2, 0.25) is 5.02 Å². The Balaban J connectivity index is 2.24. The molecule has 0 spiro atoms. The lowest BCUT2D eigenvalue weighted by Gasteiger charge is -2.04. The van der Waals surface area contributed by atoms with Crippen LogP contribution in [-0.4, -0.2) is 15.0 Å². The Kier molecular flexibility index (Phi) is 2.68. The summed E-state index contributed by atoms with van der Waals surface area (Å²) in [5, 5.41) is 1.50. The fourth-order valence-electron chi connectivity index (χ4n) is 1.83. The van der Waals surface area contributed by atoms with Crippen molar-refractivity contribution in [2.45, 2.75) is 6.92 Å². The maximum Gasteiger partial charge on any atom is 0.161 e. The van der Waals surface area contributed by atoms with E-state index in [0.29, 0.717) is 10.7 Å². The first-order chi connectivity index (χ1) is 8.74. The van der Waals surface area contributed by atoms with Crippen molar-refractivity contribution >= 4 is 22.6 Å². The van der Waals surface area contributed by atoms with Gasteiger partial charge in [0.15, 0.2) is 5.65 Å². The molecule has 0 aliphatic heterocycles. The van der Waals surface area contributed by atoms with Gasteiger partial charge in [-0.25, -0.2) is 9.97 Å². The molecule has 88 valence electrons. The molecule has 0 saturated heterocycles. The fraction of sp³-hybridized carbons (Fsp3) is 0.0714. The summed E-state index contributed by atoms with van der Waals surface area (Å²) >= 11 is 6.24. The number of nitrogens with zero attached hydrogens (tertiary/aromatic N) is 3. The highest BCUT2D eigenvalue weighted by atomic mass is 35.5. The van der Waals surface area contributed by atoms with Gasteiger partial charge in [0.2, 0.25) is 0 Å². The minimum absolute atomic E-state index is 0.642. The molecule has 0 aromatic carbocycles. The van der Waals surface area contributed by atoms with Crippen LogP contribution in [0.4, 0.5) is 0 Å². The van der Waals surface area contributed by atoms with Crippen LogP contribution in [0.3, 0.4) is 0 Å². The van der Waals surface area contributed by atoms with Crippen molar-refractivity contribution in [1.29, 1.82) is 0 Å². The van der Waals surface area contributed by atoms with Gasteiger partial charge in [0, 0.05) is 17.3 Å². The summed E-state index contributed by atoms with van der Waals surface area (Å²) in [6, 6.07) is 11.4. The van der Waals surface area contributed by atoms with Gasteiger partial charge in [-0.1, -0.05) is 17.7 Å². The van der Waals surface area contributed by atoms with Crippen LogP contribution in [0.15, 0.2) is 42.6 Å². The molecule has 3 nitrogen and oxygen atoms in total. The average molecular weight is 256 g/mol. The molecule has 3 heterocycles. The molecule has 3 aromatic rings. The predicted octanol–water partition coefficient (Wildman–Crippen LogP) is 3.65. The Morgan fingerprint density at radius 1 is 1.00 bits per heavy atom. The van der Waals surface area contributed by atoms with E-state index in [1.165, 1.54) is 0 Å². The summed E-state index contributed by atoms with van der Waals surface area (Å²) in [6.07, 6.45) is 1.71. The second-order valence-electron chi connectivity index (χ2n) is 4.03. The third-order valence-electron chi connectivity index (χ3n) is 2.68. The monoisotopic (exact) mass is 255 g/mol. The minimum Gasteiger partial charge on any atom is -0.251 e. The van der Waals surface area contributed by atoms with Gasteiger partial charge in [-0.05, 0) is 37.3 Å². The minimum atomic E-state index is 0.642. The van der Waals surface area contributed by atoms with Gasteiger partial charge >= 0.3 is 0 Å². The van der Waals surface area contributed by atoms with Crippen LogP contribution in [0.25, 0.3) is 22.4 Å². The maximum absolute atomic E-state index is 6.24. The molecule has 4 heteroatoms. The highest BCUT2D eigenvalue weighted by Gasteiger charge is 2.07. The van der Waals surface area contributed by atoms with E-state index < -0.39 is 0 Å². The molecule has 0 aliphatic carbocycles. The van der Waals surface area contributed by atoms with Gasteiger partial charge < -0.3 is 0 Å². The molecule has 0 atom stereocenters. The number of hydrogen-bond acceptors (Lipinski definition) is 3. The van der Waals surface area contributed by atoms with Crippen molar-refractivity contribution in [1.82, 2.24) is 15.0 Å². The maximum atomic E-state index is 6.24. The number of aromatic nitrogens is 3. The zero-order valence-electron chi connectivity index (χ0n) is 9.76. The van der Waals surface area contributed by atoms with E-state index in [-0.39, 0.29) is 0 Å². The van der Waals surface area contributed by atoms with Gasteiger partial charge in [-0.15, -0.1) is 0 Å². The Morgan fingerprint density at radius 3 is 2.72 bits per heavy atom. The number of hydrogen-bond donors (Lipinski definition) is 0. The molecular weight excluding hydrogens is 246 g/mol. The van der Waals surface area contributed by atoms with E-state index in [4.69, 9.17) is 11.6 Å². The molecular formula is C14H10ClN3. The summed E-state index contributed by atoms with van der Waals surface area (Å²) in [7, 11) is 0. The number of fused-ring (bicyclic) bond motifs is 1. The Hall–Kier alpha value is -2.00. The molecule has 0 radical (unpaired) electrons. The molecule has 3 rings (SSSR count). The quantitative estimate of drug-likeness (QED) is 0.666. The molecule has 0 aliphatic rings. The van der Waals surface area contributed by atoms with Crippen LogP contribution < -0.4 is 0 Å². The van der Waals surface area contributed by atoms with Gasteiger partial charge in [-0.3, -0.25) is 4.98 Å². The van der Waals surface area contributed by atoms with Crippen LogP contribution >= 0.6 is 11.6 Å². The summed E-state index contributed by atoms with van der Waals surface area (Å²) in [6.45, 7) is 1.95. The zero-order valence-corrected chi connectivity index (χ0v) is 10.5. The molecule has 0 saturated carbocycles. The van der Waals surface area contributed by atoms with Gasteiger partial charge in [-0.2, -0.15) is 0 Å². The molecule has 0 amide bonds. The Labute approximate surface area is 109 Å². The van der Waals surface area contributed by atoms with Crippen molar-refractivity contribution in [3.05, 3.63) is 53.3 Å². The summed E-state index contributed by atoms with van der Waals surface area (Å²) in [5.41, 5.74) is 3.15. The first-order valence-electron chi connectivity index (χ1n) is 5.59. The number of pyridine rings is 3. The summed E-state index contributed by atoms with van der Waals surface area (Å²) in [5.74, 6) is 0. The van der Waals surface area contributed by atoms with E-state index in [1.54, 1.807) is 6.20 Å². The van der Waals surface area contributed by atoms with E-state index in [9.17, 15) is 0 Å². The van der Waals surface area contributed by atoms with E-state index in [2.05, 4.69) is 15.0 Å². The van der Waals surface area contributed by atoms with E-state index >= 15 is 0 Å². The molecule has 18 heavy (non-hydrogen) atoms. The smallest absolute Gasteiger partial charge is 0.161 e. The third-order valence-corrected chi connectivity index (χ3v) is 3.00. The number of rotatable bonds is 1. The van der Waals surface area contributed by atoms with Gasteiger partial charge in [0.1, 0.15) is 0 Å². The van der Waals surface area contributed by atoms with Crippen molar-refractivity contribution < 1.29 is 0 Å². The van der Waals surface area contributed by atoms with Crippen LogP contribution in [0.5, 0.6) is 0 Å². The number of halogens is 1. The van der Waals surface area contributed by atoms with E-state index in [1.807, 2.05) is 43.3 Å². The molecule has 3 aromatic heterocycles. The largest absolute Gasteiger partial charge is 0.251 e. The summed E-state index contributed by atoms with van der Waals surface area (Å²) in [4.78, 5) is 13.2. The normalized spacial score (nSPS) is 10.8. The van der Waals surface area contributed by atoms with Crippen molar-refractivity contribution in [2.75, 3.05) is 0 Å². The lowest BCUT2D eigenvalue weighted by atomic mass is 10.2. The topological polar surface area (TPSA) is 38.7 Å². The molecule has 0 N–H and O–H groups in total. The van der Waals surface area contributed by atoms with Crippen molar-refractivity contribution in [3.63, 3.8) is 0 Å². The predicted molar refractivity (Wildman–Crippen MR) is 72.5 cm³/mol. The summed E-state index contributed by atoms with van der Waals surface area (Å²) < 4.78 is 0. The Bertz CT molecular complexity index is 725. The lowest BCUT2D eigenvalue weighted by Crippen LogP contribution is -1.92. The lowest BCUT2D eigenvalue weighted by molar-refractivity contribution is 1.18. The highest BCUT2D eigenvalue weighted by molar-refractivity contribution is 6.35. The van der Waals surface area contributed by atoms with Crippen molar-refractivity contribution in [2.24, 2.45) is 0 Å². The highest BCUT2D eigenvalue weighted by Crippen LogP contribution is 2.25. The Morgan fingerprint density at radius 2 is 1.89 bits per heavy atom. The molecule has 0 unspecified atom stereocenters. The number of aryl methyl sites for hydroxylation is 1. The van der Waals surface area contributed by atoms with Gasteiger partial charge in [0.25, 0.3) is 0 Å². The fourth-order valence-corrected chi connectivity index (χ4v) is 2.08.